The first-order valence-electron chi connectivity index (χ1n) is 7.28. The molecule has 0 aliphatic heterocycles. The fraction of sp³-hybridized carbons (Fsp3) is 0.733. The molecule has 1 saturated carbocycles. The highest BCUT2D eigenvalue weighted by Gasteiger charge is 2.19. The minimum atomic E-state index is 0.543. The number of hydrogen-bond acceptors (Lipinski definition) is 3. The van der Waals surface area contributed by atoms with Gasteiger partial charge in [0.25, 0.3) is 0 Å². The fourth-order valence-electron chi connectivity index (χ4n) is 2.88. The van der Waals surface area contributed by atoms with E-state index in [2.05, 4.69) is 41.7 Å². The molecule has 1 aliphatic rings. The van der Waals surface area contributed by atoms with Crippen LogP contribution in [0.25, 0.3) is 0 Å². The fourth-order valence-corrected chi connectivity index (χ4v) is 3.76. The Hall–Kier alpha value is -0.380. The second kappa shape index (κ2) is 7.27. The lowest BCUT2D eigenvalue weighted by atomic mass is 10.2. The van der Waals surface area contributed by atoms with Crippen LogP contribution in [-0.2, 0) is 0 Å². The second-order valence-corrected chi connectivity index (χ2v) is 6.33. The molecule has 0 saturated heterocycles. The van der Waals surface area contributed by atoms with Crippen molar-refractivity contribution in [2.75, 3.05) is 20.1 Å². The molecule has 1 atom stereocenters. The summed E-state index contributed by atoms with van der Waals surface area (Å²) in [7, 11) is 2.28. The maximum Gasteiger partial charge on any atom is 0.0412 e. The molecule has 1 aromatic rings. The van der Waals surface area contributed by atoms with E-state index in [1.54, 1.807) is 0 Å². The molecule has 0 bridgehead atoms. The van der Waals surface area contributed by atoms with Crippen LogP contribution >= 0.6 is 11.3 Å². The summed E-state index contributed by atoms with van der Waals surface area (Å²) >= 11 is 1.86. The second-order valence-electron chi connectivity index (χ2n) is 5.35. The van der Waals surface area contributed by atoms with Gasteiger partial charge in [0.15, 0.2) is 0 Å². The lowest BCUT2D eigenvalue weighted by Crippen LogP contribution is -2.36. The quantitative estimate of drug-likeness (QED) is 0.810. The van der Waals surface area contributed by atoms with E-state index < -0.39 is 0 Å². The molecular formula is C15H26N2S. The van der Waals surface area contributed by atoms with E-state index >= 15 is 0 Å². The number of thiophene rings is 1. The Morgan fingerprint density at radius 3 is 2.83 bits per heavy atom. The molecule has 0 amide bonds. The SMILES string of the molecule is CCC(NCCN(C)C1CCCC1)c1cccs1. The summed E-state index contributed by atoms with van der Waals surface area (Å²) in [5, 5.41) is 5.87. The van der Waals surface area contributed by atoms with Gasteiger partial charge in [0.05, 0.1) is 0 Å². The average molecular weight is 266 g/mol. The van der Waals surface area contributed by atoms with Crippen molar-refractivity contribution in [3.05, 3.63) is 22.4 Å². The van der Waals surface area contributed by atoms with Crippen molar-refractivity contribution in [1.82, 2.24) is 10.2 Å². The standard InChI is InChI=1S/C15H26N2S/c1-3-14(15-9-6-12-18-15)16-10-11-17(2)13-7-4-5-8-13/h6,9,12-14,16H,3-5,7-8,10-11H2,1-2H3. The van der Waals surface area contributed by atoms with Crippen molar-refractivity contribution in [3.63, 3.8) is 0 Å². The molecule has 0 aromatic carbocycles. The van der Waals surface area contributed by atoms with E-state index in [1.807, 2.05) is 11.3 Å². The van der Waals surface area contributed by atoms with Crippen molar-refractivity contribution < 1.29 is 0 Å². The zero-order chi connectivity index (χ0) is 12.8. The van der Waals surface area contributed by atoms with Crippen molar-refractivity contribution in [2.45, 2.75) is 51.1 Å². The molecule has 1 aliphatic carbocycles. The Bertz CT molecular complexity index is 317. The summed E-state index contributed by atoms with van der Waals surface area (Å²) in [6, 6.07) is 5.78. The molecular weight excluding hydrogens is 240 g/mol. The lowest BCUT2D eigenvalue weighted by Gasteiger charge is -2.25. The zero-order valence-corrected chi connectivity index (χ0v) is 12.5. The van der Waals surface area contributed by atoms with Gasteiger partial charge in [-0.2, -0.15) is 0 Å². The molecule has 1 N–H and O–H groups in total. The van der Waals surface area contributed by atoms with Gasteiger partial charge in [-0.05, 0) is 37.8 Å². The molecule has 102 valence electrons. The first-order chi connectivity index (χ1) is 8.81. The predicted octanol–water partition coefficient (Wildman–Crippen LogP) is 3.66. The predicted molar refractivity (Wildman–Crippen MR) is 80.2 cm³/mol. The monoisotopic (exact) mass is 266 g/mol. The number of nitrogens with zero attached hydrogens (tertiary/aromatic N) is 1. The first-order valence-corrected chi connectivity index (χ1v) is 8.16. The Morgan fingerprint density at radius 1 is 1.44 bits per heavy atom. The third-order valence-electron chi connectivity index (χ3n) is 4.10. The number of hydrogen-bond donors (Lipinski definition) is 1. The van der Waals surface area contributed by atoms with Gasteiger partial charge in [-0.25, -0.2) is 0 Å². The van der Waals surface area contributed by atoms with Gasteiger partial charge in [-0.3, -0.25) is 0 Å². The van der Waals surface area contributed by atoms with E-state index in [-0.39, 0.29) is 0 Å². The van der Waals surface area contributed by atoms with Gasteiger partial charge in [-0.1, -0.05) is 25.8 Å². The van der Waals surface area contributed by atoms with Gasteiger partial charge in [0.1, 0.15) is 0 Å². The van der Waals surface area contributed by atoms with Crippen LogP contribution in [-0.4, -0.2) is 31.1 Å². The highest BCUT2D eigenvalue weighted by atomic mass is 32.1. The van der Waals surface area contributed by atoms with Gasteiger partial charge in [0.2, 0.25) is 0 Å². The van der Waals surface area contributed by atoms with Crippen LogP contribution in [0.1, 0.15) is 49.9 Å². The Kier molecular flexibility index (Phi) is 5.67. The van der Waals surface area contributed by atoms with Gasteiger partial charge in [0, 0.05) is 30.1 Å². The van der Waals surface area contributed by atoms with Crippen LogP contribution in [0.15, 0.2) is 17.5 Å². The van der Waals surface area contributed by atoms with Crippen LogP contribution < -0.4 is 5.32 Å². The molecule has 1 fully saturated rings. The van der Waals surface area contributed by atoms with Crippen molar-refractivity contribution in [2.24, 2.45) is 0 Å². The third-order valence-corrected chi connectivity index (χ3v) is 5.08. The Balaban J connectivity index is 1.70. The van der Waals surface area contributed by atoms with Gasteiger partial charge >= 0.3 is 0 Å². The minimum absolute atomic E-state index is 0.543. The Labute approximate surface area is 115 Å². The molecule has 0 radical (unpaired) electrons. The van der Waals surface area contributed by atoms with Crippen molar-refractivity contribution >= 4 is 11.3 Å². The molecule has 18 heavy (non-hydrogen) atoms. The molecule has 1 heterocycles. The van der Waals surface area contributed by atoms with Crippen LogP contribution in [0.2, 0.25) is 0 Å². The molecule has 2 nitrogen and oxygen atoms in total. The number of nitrogens with one attached hydrogen (secondary N) is 1. The summed E-state index contributed by atoms with van der Waals surface area (Å²) in [6.45, 7) is 4.54. The largest absolute Gasteiger partial charge is 0.308 e. The van der Waals surface area contributed by atoms with Gasteiger partial charge < -0.3 is 10.2 Å². The summed E-state index contributed by atoms with van der Waals surface area (Å²) in [5.74, 6) is 0. The summed E-state index contributed by atoms with van der Waals surface area (Å²) < 4.78 is 0. The van der Waals surface area contributed by atoms with Crippen LogP contribution in [0, 0.1) is 0 Å². The highest BCUT2D eigenvalue weighted by Crippen LogP contribution is 2.23. The third kappa shape index (κ3) is 3.81. The summed E-state index contributed by atoms with van der Waals surface area (Å²) in [4.78, 5) is 4.02. The highest BCUT2D eigenvalue weighted by molar-refractivity contribution is 7.10. The maximum atomic E-state index is 3.69. The van der Waals surface area contributed by atoms with E-state index in [0.29, 0.717) is 6.04 Å². The lowest BCUT2D eigenvalue weighted by molar-refractivity contribution is 0.242. The summed E-state index contributed by atoms with van der Waals surface area (Å²) in [6.07, 6.45) is 6.83. The van der Waals surface area contributed by atoms with Crippen LogP contribution in [0.3, 0.4) is 0 Å². The van der Waals surface area contributed by atoms with E-state index in [4.69, 9.17) is 0 Å². The topological polar surface area (TPSA) is 15.3 Å². The number of likely N-dealkylation sites (N-methyl/N-ethyl adjacent to an activating group) is 1. The molecule has 2 rings (SSSR count). The zero-order valence-electron chi connectivity index (χ0n) is 11.7. The molecule has 1 aromatic heterocycles. The number of rotatable bonds is 7. The van der Waals surface area contributed by atoms with Gasteiger partial charge in [-0.15, -0.1) is 11.3 Å². The normalized spacial score (nSPS) is 18.6. The van der Waals surface area contributed by atoms with E-state index in [9.17, 15) is 0 Å². The maximum absolute atomic E-state index is 3.69. The average Bonchev–Trinajstić information content (AvgIpc) is 3.05. The first kappa shape index (κ1) is 14.0. The summed E-state index contributed by atoms with van der Waals surface area (Å²) in [5.41, 5.74) is 0. The van der Waals surface area contributed by atoms with Crippen LogP contribution in [0.4, 0.5) is 0 Å². The van der Waals surface area contributed by atoms with Crippen molar-refractivity contribution in [1.29, 1.82) is 0 Å². The van der Waals surface area contributed by atoms with E-state index in [1.165, 1.54) is 43.5 Å². The smallest absolute Gasteiger partial charge is 0.0412 e. The molecule has 1 unspecified atom stereocenters. The Morgan fingerprint density at radius 2 is 2.22 bits per heavy atom. The molecule has 3 heteroatoms. The van der Waals surface area contributed by atoms with E-state index in [0.717, 1.165) is 12.6 Å². The minimum Gasteiger partial charge on any atom is -0.308 e. The van der Waals surface area contributed by atoms with Crippen LogP contribution in [0.5, 0.6) is 0 Å². The molecule has 0 spiro atoms. The van der Waals surface area contributed by atoms with Crippen molar-refractivity contribution in [3.8, 4) is 0 Å².